The van der Waals surface area contributed by atoms with Crippen molar-refractivity contribution in [2.24, 2.45) is 0 Å². The molecule has 0 aromatic carbocycles. The van der Waals surface area contributed by atoms with Crippen LogP contribution in [0.1, 0.15) is 12.8 Å². The number of hydrogen-bond donors (Lipinski definition) is 1. The molecular weight excluding hydrogens is 311 g/mol. The van der Waals surface area contributed by atoms with E-state index in [9.17, 15) is 13.2 Å². The van der Waals surface area contributed by atoms with Crippen molar-refractivity contribution in [2.75, 3.05) is 39.6 Å². The van der Waals surface area contributed by atoms with Gasteiger partial charge in [0.1, 0.15) is 12.2 Å². The predicted molar refractivity (Wildman–Crippen MR) is 70.9 cm³/mol. The number of ether oxygens (including phenoxy) is 4. The van der Waals surface area contributed by atoms with E-state index in [-0.39, 0.29) is 36.8 Å². The molecule has 0 aromatic heterocycles. The first-order valence-electron chi connectivity index (χ1n) is 6.93. The van der Waals surface area contributed by atoms with Crippen LogP contribution in [0, 0.1) is 0 Å². The van der Waals surface area contributed by atoms with Crippen molar-refractivity contribution in [3.8, 4) is 0 Å². The van der Waals surface area contributed by atoms with Crippen LogP contribution in [0.5, 0.6) is 0 Å². The van der Waals surface area contributed by atoms with Gasteiger partial charge in [0.25, 0.3) is 0 Å². The first kappa shape index (κ1) is 17.3. The van der Waals surface area contributed by atoms with Gasteiger partial charge >= 0.3 is 5.51 Å². The highest BCUT2D eigenvalue weighted by atomic mass is 32.2. The van der Waals surface area contributed by atoms with Crippen LogP contribution in [0.15, 0.2) is 0 Å². The van der Waals surface area contributed by atoms with Gasteiger partial charge in [-0.05, 0) is 12.8 Å². The molecule has 1 N–H and O–H groups in total. The maximum absolute atomic E-state index is 11.9. The Hall–Kier alpha value is -0.0600. The summed E-state index contributed by atoms with van der Waals surface area (Å²) in [5, 5.41) is 0. The topological polar surface area (TPSA) is 55.5 Å². The molecule has 0 spiro atoms. The van der Waals surface area contributed by atoms with Gasteiger partial charge in [-0.15, -0.1) is 0 Å². The Kier molecular flexibility index (Phi) is 7.03. The van der Waals surface area contributed by atoms with Crippen LogP contribution in [0.4, 0.5) is 13.2 Å². The summed E-state index contributed by atoms with van der Waals surface area (Å²) >= 11 is -0.215. The van der Waals surface area contributed by atoms with Crippen molar-refractivity contribution < 1.29 is 32.1 Å². The fraction of sp³-hybridized carbons (Fsp3) is 1.00. The zero-order chi connectivity index (χ0) is 15.1. The molecule has 0 amide bonds. The molecule has 124 valence electrons. The third kappa shape index (κ3) is 9.54. The molecule has 2 fully saturated rings. The van der Waals surface area contributed by atoms with E-state index >= 15 is 0 Å². The molecule has 0 radical (unpaired) electrons. The molecule has 2 saturated heterocycles. The third-order valence-electron chi connectivity index (χ3n) is 2.92. The Balaban J connectivity index is 1.52. The van der Waals surface area contributed by atoms with Crippen LogP contribution < -0.4 is 4.72 Å². The van der Waals surface area contributed by atoms with Crippen LogP contribution >= 0.6 is 11.9 Å². The summed E-state index contributed by atoms with van der Waals surface area (Å²) in [7, 11) is 0. The van der Waals surface area contributed by atoms with Crippen molar-refractivity contribution in [3.63, 3.8) is 0 Å². The predicted octanol–water partition coefficient (Wildman–Crippen LogP) is 1.72. The molecule has 2 aliphatic rings. The monoisotopic (exact) mass is 331 g/mol. The van der Waals surface area contributed by atoms with Gasteiger partial charge in [0.2, 0.25) is 0 Å². The van der Waals surface area contributed by atoms with Gasteiger partial charge in [-0.1, -0.05) is 0 Å². The quantitative estimate of drug-likeness (QED) is 0.334. The number of epoxide rings is 2. The highest BCUT2D eigenvalue weighted by Gasteiger charge is 2.28. The fourth-order valence-electron chi connectivity index (χ4n) is 1.65. The van der Waals surface area contributed by atoms with E-state index in [1.54, 1.807) is 0 Å². The minimum Gasteiger partial charge on any atom is -0.376 e. The molecule has 21 heavy (non-hydrogen) atoms. The van der Waals surface area contributed by atoms with Crippen molar-refractivity contribution in [2.45, 2.75) is 36.7 Å². The van der Waals surface area contributed by atoms with E-state index < -0.39 is 5.51 Å². The maximum atomic E-state index is 11.9. The second kappa shape index (κ2) is 8.54. The molecule has 9 heteroatoms. The molecule has 0 bridgehead atoms. The van der Waals surface area contributed by atoms with Gasteiger partial charge < -0.3 is 18.9 Å². The minimum absolute atomic E-state index is 0.120. The summed E-state index contributed by atoms with van der Waals surface area (Å²) in [5.74, 6) is 0. The Morgan fingerprint density at radius 3 is 2.48 bits per heavy atom. The van der Waals surface area contributed by atoms with Crippen molar-refractivity contribution in [3.05, 3.63) is 0 Å². The fourth-order valence-corrected chi connectivity index (χ4v) is 2.06. The van der Waals surface area contributed by atoms with Crippen LogP contribution in [0.25, 0.3) is 0 Å². The van der Waals surface area contributed by atoms with Gasteiger partial charge in [-0.2, -0.15) is 13.2 Å². The van der Waals surface area contributed by atoms with E-state index in [4.69, 9.17) is 18.9 Å². The lowest BCUT2D eigenvalue weighted by Gasteiger charge is -2.17. The highest BCUT2D eigenvalue weighted by Crippen LogP contribution is 2.27. The lowest BCUT2D eigenvalue weighted by molar-refractivity contribution is -0.0338. The Morgan fingerprint density at radius 2 is 1.86 bits per heavy atom. The molecule has 2 rings (SSSR count). The summed E-state index contributed by atoms with van der Waals surface area (Å²) in [4.78, 5) is 0. The standard InChI is InChI=1S/C12H20F3NO4S/c13-12(14,15)21-16-3-1-2-9(18-7-11-8-20-11)4-17-5-10-6-19-10/h9-11,16H,1-8H2. The summed E-state index contributed by atoms with van der Waals surface area (Å²) in [6.07, 6.45) is 1.47. The van der Waals surface area contributed by atoms with Crippen LogP contribution in [0.3, 0.4) is 0 Å². The molecule has 3 unspecified atom stereocenters. The molecule has 0 aliphatic carbocycles. The third-order valence-corrected chi connectivity index (χ3v) is 3.50. The summed E-state index contributed by atoms with van der Waals surface area (Å²) in [6, 6.07) is 0. The lowest BCUT2D eigenvalue weighted by atomic mass is 10.2. The van der Waals surface area contributed by atoms with Crippen molar-refractivity contribution >= 4 is 11.9 Å². The smallest absolute Gasteiger partial charge is 0.376 e. The van der Waals surface area contributed by atoms with Crippen molar-refractivity contribution in [1.29, 1.82) is 0 Å². The van der Waals surface area contributed by atoms with Gasteiger partial charge in [0, 0.05) is 18.5 Å². The van der Waals surface area contributed by atoms with Gasteiger partial charge in [-0.25, -0.2) is 0 Å². The Bertz CT molecular complexity index is 301. The average molecular weight is 331 g/mol. The van der Waals surface area contributed by atoms with E-state index in [0.29, 0.717) is 39.3 Å². The minimum atomic E-state index is -4.24. The molecular formula is C12H20F3NO4S. The van der Waals surface area contributed by atoms with Crippen LogP contribution in [-0.2, 0) is 18.9 Å². The largest absolute Gasteiger partial charge is 0.456 e. The second-order valence-corrected chi connectivity index (χ2v) is 5.94. The molecule has 2 aliphatic heterocycles. The molecule has 2 heterocycles. The number of hydrogen-bond acceptors (Lipinski definition) is 6. The molecule has 0 saturated carbocycles. The van der Waals surface area contributed by atoms with Crippen LogP contribution in [0.2, 0.25) is 0 Å². The molecule has 5 nitrogen and oxygen atoms in total. The Morgan fingerprint density at radius 1 is 1.19 bits per heavy atom. The summed E-state index contributed by atoms with van der Waals surface area (Å²) in [6.45, 7) is 3.21. The summed E-state index contributed by atoms with van der Waals surface area (Å²) in [5.41, 5.74) is -4.24. The van der Waals surface area contributed by atoms with E-state index in [0.717, 1.165) is 6.61 Å². The zero-order valence-electron chi connectivity index (χ0n) is 11.6. The number of alkyl halides is 3. The number of rotatable bonds is 12. The van der Waals surface area contributed by atoms with E-state index in [1.807, 2.05) is 0 Å². The van der Waals surface area contributed by atoms with Gasteiger partial charge in [0.15, 0.2) is 0 Å². The summed E-state index contributed by atoms with van der Waals surface area (Å²) < 4.78 is 59.4. The number of halogens is 3. The molecule has 3 atom stereocenters. The van der Waals surface area contributed by atoms with E-state index in [2.05, 4.69) is 4.72 Å². The molecule has 0 aromatic rings. The lowest BCUT2D eigenvalue weighted by Crippen LogP contribution is -2.25. The maximum Gasteiger partial charge on any atom is 0.456 e. The van der Waals surface area contributed by atoms with Crippen molar-refractivity contribution in [1.82, 2.24) is 4.72 Å². The van der Waals surface area contributed by atoms with Crippen LogP contribution in [-0.4, -0.2) is 63.4 Å². The first-order chi connectivity index (χ1) is 10.0. The van der Waals surface area contributed by atoms with Gasteiger partial charge in [-0.3, -0.25) is 4.72 Å². The van der Waals surface area contributed by atoms with Gasteiger partial charge in [0.05, 0.1) is 39.1 Å². The Labute approximate surface area is 126 Å². The first-order valence-corrected chi connectivity index (χ1v) is 7.75. The second-order valence-electron chi connectivity index (χ2n) is 4.99. The van der Waals surface area contributed by atoms with E-state index in [1.165, 1.54) is 0 Å². The highest BCUT2D eigenvalue weighted by molar-refractivity contribution is 7.98. The number of nitrogens with one attached hydrogen (secondary N) is 1. The normalized spacial score (nSPS) is 25.9. The average Bonchev–Trinajstić information content (AvgIpc) is 3.26. The SMILES string of the molecule is FC(F)(F)SNCCCC(COCC1CO1)OCC1CO1. The zero-order valence-corrected chi connectivity index (χ0v) is 12.4.